The minimum absolute atomic E-state index is 0.971. The van der Waals surface area contributed by atoms with Crippen LogP contribution in [0.25, 0.3) is 0 Å². The normalized spacial score (nSPS) is 10.7. The molecule has 1 N–H and O–H groups in total. The van der Waals surface area contributed by atoms with Crippen LogP contribution in [0.5, 0.6) is 0 Å². The van der Waals surface area contributed by atoms with E-state index in [4.69, 9.17) is 0 Å². The summed E-state index contributed by atoms with van der Waals surface area (Å²) in [6.45, 7) is 6.39. The van der Waals surface area contributed by atoms with Crippen molar-refractivity contribution in [3.63, 3.8) is 0 Å². The molecule has 0 amide bonds. The molecule has 1 aromatic carbocycles. The number of rotatable bonds is 5. The second kappa shape index (κ2) is 5.99. The summed E-state index contributed by atoms with van der Waals surface area (Å²) in [5, 5.41) is 5.65. The Morgan fingerprint density at radius 1 is 1.12 bits per heavy atom. The van der Waals surface area contributed by atoms with E-state index in [-0.39, 0.29) is 0 Å². The Kier molecular flexibility index (Phi) is 4.35. The molecule has 1 heterocycles. The molecular weight excluding hydrogens is 226 g/mol. The van der Waals surface area contributed by atoms with Gasteiger partial charge in [-0.25, -0.2) is 0 Å². The van der Waals surface area contributed by atoms with Crippen LogP contribution in [-0.4, -0.2) is 6.54 Å². The lowest BCUT2D eigenvalue weighted by Crippen LogP contribution is -2.17. The highest BCUT2D eigenvalue weighted by Gasteiger charge is 2.00. The van der Waals surface area contributed by atoms with Gasteiger partial charge < -0.3 is 5.32 Å². The first-order valence-corrected chi connectivity index (χ1v) is 6.93. The van der Waals surface area contributed by atoms with Gasteiger partial charge in [0.2, 0.25) is 0 Å². The quantitative estimate of drug-likeness (QED) is 0.792. The van der Waals surface area contributed by atoms with Gasteiger partial charge in [-0.15, -0.1) is 11.3 Å². The largest absolute Gasteiger partial charge is 0.312 e. The molecule has 90 valence electrons. The van der Waals surface area contributed by atoms with Crippen LogP contribution in [-0.2, 0) is 13.0 Å². The van der Waals surface area contributed by atoms with E-state index >= 15 is 0 Å². The van der Waals surface area contributed by atoms with Gasteiger partial charge in [0.05, 0.1) is 0 Å². The molecule has 17 heavy (non-hydrogen) atoms. The lowest BCUT2D eigenvalue weighted by Gasteiger charge is -2.09. The Morgan fingerprint density at radius 3 is 2.76 bits per heavy atom. The fourth-order valence-electron chi connectivity index (χ4n) is 1.89. The molecule has 0 saturated carbocycles. The molecule has 0 saturated heterocycles. The summed E-state index contributed by atoms with van der Waals surface area (Å²) >= 11 is 1.83. The Labute approximate surface area is 108 Å². The number of thiophene rings is 1. The standard InChI is InChI=1S/C15H19NS/c1-12-5-3-6-14(13(12)2)11-16-9-8-15-7-4-10-17-15/h3-7,10,16H,8-9,11H2,1-2H3. The van der Waals surface area contributed by atoms with E-state index in [1.807, 2.05) is 11.3 Å². The van der Waals surface area contributed by atoms with E-state index in [9.17, 15) is 0 Å². The molecule has 2 rings (SSSR count). The van der Waals surface area contributed by atoms with Crippen molar-refractivity contribution in [2.75, 3.05) is 6.54 Å². The molecule has 1 aromatic heterocycles. The van der Waals surface area contributed by atoms with Gasteiger partial charge in [-0.2, -0.15) is 0 Å². The third-order valence-electron chi connectivity index (χ3n) is 3.16. The topological polar surface area (TPSA) is 12.0 Å². The van der Waals surface area contributed by atoms with E-state index < -0.39 is 0 Å². The fraction of sp³-hybridized carbons (Fsp3) is 0.333. The number of benzene rings is 1. The maximum Gasteiger partial charge on any atom is 0.0208 e. The zero-order chi connectivity index (χ0) is 12.1. The van der Waals surface area contributed by atoms with Gasteiger partial charge in [0, 0.05) is 18.0 Å². The lowest BCUT2D eigenvalue weighted by atomic mass is 10.0. The van der Waals surface area contributed by atoms with Crippen LogP contribution in [0.15, 0.2) is 35.7 Å². The average Bonchev–Trinajstić information content (AvgIpc) is 2.83. The minimum Gasteiger partial charge on any atom is -0.312 e. The molecule has 0 fully saturated rings. The predicted octanol–water partition coefficient (Wildman–Crippen LogP) is 3.70. The zero-order valence-corrected chi connectivity index (χ0v) is 11.3. The summed E-state index contributed by atoms with van der Waals surface area (Å²) in [6.07, 6.45) is 1.13. The summed E-state index contributed by atoms with van der Waals surface area (Å²) < 4.78 is 0. The van der Waals surface area contributed by atoms with Gasteiger partial charge in [-0.05, 0) is 48.4 Å². The highest BCUT2D eigenvalue weighted by Crippen LogP contribution is 2.12. The van der Waals surface area contributed by atoms with Crippen molar-refractivity contribution in [3.05, 3.63) is 57.3 Å². The summed E-state index contributed by atoms with van der Waals surface area (Å²) in [4.78, 5) is 1.46. The van der Waals surface area contributed by atoms with Crippen molar-refractivity contribution in [1.29, 1.82) is 0 Å². The van der Waals surface area contributed by atoms with Crippen LogP contribution in [0.2, 0.25) is 0 Å². The van der Waals surface area contributed by atoms with Crippen molar-refractivity contribution in [2.24, 2.45) is 0 Å². The van der Waals surface area contributed by atoms with Crippen molar-refractivity contribution < 1.29 is 0 Å². The molecule has 0 atom stereocenters. The molecule has 0 aliphatic rings. The Hall–Kier alpha value is -1.12. The van der Waals surface area contributed by atoms with E-state index in [0.29, 0.717) is 0 Å². The van der Waals surface area contributed by atoms with Gasteiger partial charge >= 0.3 is 0 Å². The van der Waals surface area contributed by atoms with Gasteiger partial charge in [-0.3, -0.25) is 0 Å². The van der Waals surface area contributed by atoms with Crippen molar-refractivity contribution in [1.82, 2.24) is 5.32 Å². The summed E-state index contributed by atoms with van der Waals surface area (Å²) in [5.41, 5.74) is 4.20. The van der Waals surface area contributed by atoms with Gasteiger partial charge in [0.25, 0.3) is 0 Å². The first kappa shape index (κ1) is 12.3. The first-order chi connectivity index (χ1) is 8.27. The van der Waals surface area contributed by atoms with Crippen LogP contribution in [0, 0.1) is 13.8 Å². The molecule has 0 bridgehead atoms. The summed E-state index contributed by atoms with van der Waals surface area (Å²) in [5.74, 6) is 0. The van der Waals surface area contributed by atoms with Crippen LogP contribution in [0.4, 0.5) is 0 Å². The Balaban J connectivity index is 1.80. The molecule has 0 aliphatic heterocycles. The highest BCUT2D eigenvalue weighted by atomic mass is 32.1. The third-order valence-corrected chi connectivity index (χ3v) is 4.10. The monoisotopic (exact) mass is 245 g/mol. The number of hydrogen-bond donors (Lipinski definition) is 1. The van der Waals surface area contributed by atoms with Crippen LogP contribution < -0.4 is 5.32 Å². The second-order valence-corrected chi connectivity index (χ2v) is 5.40. The molecule has 0 aliphatic carbocycles. The van der Waals surface area contributed by atoms with Crippen LogP contribution in [0.1, 0.15) is 21.6 Å². The number of hydrogen-bond acceptors (Lipinski definition) is 2. The maximum absolute atomic E-state index is 3.51. The molecule has 2 heteroatoms. The van der Waals surface area contributed by atoms with E-state index in [2.05, 4.69) is 54.9 Å². The molecule has 1 nitrogen and oxygen atoms in total. The SMILES string of the molecule is Cc1cccc(CNCCc2cccs2)c1C. The highest BCUT2D eigenvalue weighted by molar-refractivity contribution is 7.09. The van der Waals surface area contributed by atoms with Crippen molar-refractivity contribution >= 4 is 11.3 Å². The molecule has 0 unspecified atom stereocenters. The van der Waals surface area contributed by atoms with Crippen molar-refractivity contribution in [2.45, 2.75) is 26.8 Å². The molecule has 0 spiro atoms. The summed E-state index contributed by atoms with van der Waals surface area (Å²) in [7, 11) is 0. The molecule has 2 aromatic rings. The molecular formula is C15H19NS. The van der Waals surface area contributed by atoms with Gasteiger partial charge in [-0.1, -0.05) is 24.3 Å². The smallest absolute Gasteiger partial charge is 0.0208 e. The second-order valence-electron chi connectivity index (χ2n) is 4.37. The Morgan fingerprint density at radius 2 is 2.00 bits per heavy atom. The van der Waals surface area contributed by atoms with Crippen LogP contribution >= 0.6 is 11.3 Å². The first-order valence-electron chi connectivity index (χ1n) is 6.05. The molecule has 0 radical (unpaired) electrons. The predicted molar refractivity (Wildman–Crippen MR) is 75.6 cm³/mol. The minimum atomic E-state index is 0.971. The van der Waals surface area contributed by atoms with Gasteiger partial charge in [0.1, 0.15) is 0 Å². The average molecular weight is 245 g/mol. The van der Waals surface area contributed by atoms with Crippen LogP contribution in [0.3, 0.4) is 0 Å². The fourth-order valence-corrected chi connectivity index (χ4v) is 2.60. The number of aryl methyl sites for hydroxylation is 1. The summed E-state index contributed by atoms with van der Waals surface area (Å²) in [6, 6.07) is 10.8. The lowest BCUT2D eigenvalue weighted by molar-refractivity contribution is 0.687. The third kappa shape index (κ3) is 3.42. The Bertz CT molecular complexity index is 460. The van der Waals surface area contributed by atoms with Crippen molar-refractivity contribution in [3.8, 4) is 0 Å². The zero-order valence-electron chi connectivity index (χ0n) is 10.5. The van der Waals surface area contributed by atoms with E-state index in [1.165, 1.54) is 21.6 Å². The van der Waals surface area contributed by atoms with E-state index in [1.54, 1.807) is 0 Å². The van der Waals surface area contributed by atoms with Gasteiger partial charge in [0.15, 0.2) is 0 Å². The maximum atomic E-state index is 3.51. The van der Waals surface area contributed by atoms with E-state index in [0.717, 1.165) is 19.5 Å². The number of nitrogens with one attached hydrogen (secondary N) is 1.